The van der Waals surface area contributed by atoms with Gasteiger partial charge in [-0.15, -0.1) is 0 Å². The van der Waals surface area contributed by atoms with E-state index in [4.69, 9.17) is 9.47 Å². The second-order valence-electron chi connectivity index (χ2n) is 5.32. The number of rotatable bonds is 4. The number of ketones is 1. The number of anilines is 1. The van der Waals surface area contributed by atoms with E-state index in [-0.39, 0.29) is 18.1 Å². The molecular weight excluding hydrogens is 298 g/mol. The fraction of sp³-hybridized carbons (Fsp3) is 0.312. The van der Waals surface area contributed by atoms with E-state index >= 15 is 0 Å². The maximum absolute atomic E-state index is 13.1. The van der Waals surface area contributed by atoms with Crippen LogP contribution >= 0.6 is 0 Å². The maximum Gasteiger partial charge on any atom is 0.226 e. The van der Waals surface area contributed by atoms with Crippen molar-refractivity contribution in [3.8, 4) is 11.5 Å². The topological polar surface area (TPSA) is 93.3 Å². The van der Waals surface area contributed by atoms with E-state index in [1.165, 1.54) is 14.2 Å². The molecule has 0 bridgehead atoms. The highest BCUT2D eigenvalue weighted by Crippen LogP contribution is 2.39. The molecule has 2 heterocycles. The van der Waals surface area contributed by atoms with Crippen LogP contribution in [0.25, 0.3) is 0 Å². The van der Waals surface area contributed by atoms with Gasteiger partial charge in [-0.3, -0.25) is 14.7 Å². The third kappa shape index (κ3) is 2.44. The van der Waals surface area contributed by atoms with Crippen molar-refractivity contribution in [1.82, 2.24) is 10.2 Å². The summed E-state index contributed by atoms with van der Waals surface area (Å²) in [6.45, 7) is 1.82. The molecule has 0 saturated carbocycles. The average molecular weight is 315 g/mol. The molecule has 0 fully saturated rings. The molecule has 0 unspecified atom stereocenters. The van der Waals surface area contributed by atoms with Crippen molar-refractivity contribution >= 4 is 17.5 Å². The Kier molecular flexibility index (Phi) is 3.77. The zero-order valence-corrected chi connectivity index (χ0v) is 13.1. The second kappa shape index (κ2) is 5.75. The van der Waals surface area contributed by atoms with Crippen LogP contribution < -0.4 is 14.8 Å². The number of aromatic nitrogens is 2. The molecule has 7 heteroatoms. The minimum absolute atomic E-state index is 0.0629. The molecule has 2 aromatic rings. The summed E-state index contributed by atoms with van der Waals surface area (Å²) in [5.74, 6) is 0.163. The van der Waals surface area contributed by atoms with Gasteiger partial charge in [0.05, 0.1) is 20.1 Å². The van der Waals surface area contributed by atoms with Crippen molar-refractivity contribution in [3.05, 3.63) is 35.0 Å². The van der Waals surface area contributed by atoms with E-state index in [0.717, 1.165) is 5.69 Å². The molecular formula is C16H17N3O4. The zero-order chi connectivity index (χ0) is 16.6. The predicted molar refractivity (Wildman–Crippen MR) is 83.2 cm³/mol. The number of hydrogen-bond donors (Lipinski definition) is 2. The molecule has 1 aliphatic heterocycles. The summed E-state index contributed by atoms with van der Waals surface area (Å²) in [5, 5.41) is 9.54. The molecule has 0 spiro atoms. The molecule has 1 atom stereocenters. The molecule has 0 aliphatic carbocycles. The predicted octanol–water partition coefficient (Wildman–Crippen LogP) is 2.04. The van der Waals surface area contributed by atoms with Crippen LogP contribution in [0.15, 0.2) is 18.2 Å². The van der Waals surface area contributed by atoms with Gasteiger partial charge in [-0.1, -0.05) is 6.07 Å². The molecule has 1 aliphatic rings. The molecule has 7 nitrogen and oxygen atoms in total. The first kappa shape index (κ1) is 15.1. The number of nitrogens with one attached hydrogen (secondary N) is 2. The minimum atomic E-state index is -0.623. The molecule has 23 heavy (non-hydrogen) atoms. The van der Waals surface area contributed by atoms with Gasteiger partial charge in [0, 0.05) is 17.7 Å². The van der Waals surface area contributed by atoms with Crippen LogP contribution in [0.4, 0.5) is 5.82 Å². The van der Waals surface area contributed by atoms with Crippen molar-refractivity contribution in [3.63, 3.8) is 0 Å². The third-order valence-electron chi connectivity index (χ3n) is 3.98. The number of carbonyl (C=O) groups is 2. The summed E-state index contributed by atoms with van der Waals surface area (Å²) < 4.78 is 10.6. The molecule has 0 saturated heterocycles. The third-order valence-corrected chi connectivity index (χ3v) is 3.98. The highest BCUT2D eigenvalue weighted by Gasteiger charge is 2.36. The first-order valence-electron chi connectivity index (χ1n) is 7.16. The van der Waals surface area contributed by atoms with E-state index in [1.54, 1.807) is 18.2 Å². The minimum Gasteiger partial charge on any atom is -0.496 e. The number of methoxy groups -OCH3 is 2. The van der Waals surface area contributed by atoms with Crippen LogP contribution in [0, 0.1) is 6.92 Å². The highest BCUT2D eigenvalue weighted by atomic mass is 16.5. The molecule has 2 N–H and O–H groups in total. The molecule has 120 valence electrons. The zero-order valence-electron chi connectivity index (χ0n) is 13.1. The van der Waals surface area contributed by atoms with Gasteiger partial charge in [-0.25, -0.2) is 0 Å². The fourth-order valence-corrected chi connectivity index (χ4v) is 2.92. The van der Waals surface area contributed by atoms with Crippen LogP contribution in [0.3, 0.4) is 0 Å². The number of amides is 1. The fourth-order valence-electron chi connectivity index (χ4n) is 2.92. The monoisotopic (exact) mass is 315 g/mol. The standard InChI is InChI=1S/C16H17N3O4/c1-8-13-9(7-12(20)17-16(13)19-18-8)15(21)14-10(22-2)5-4-6-11(14)23-3/h4-6,9H,7H2,1-3H3,(H2,17,18,19,20)/t9-/m1/s1. The van der Waals surface area contributed by atoms with Crippen molar-refractivity contribution < 1.29 is 19.1 Å². The Balaban J connectivity index is 2.12. The second-order valence-corrected chi connectivity index (χ2v) is 5.32. The lowest BCUT2D eigenvalue weighted by Crippen LogP contribution is -2.28. The molecule has 3 rings (SSSR count). The molecule has 1 aromatic heterocycles. The van der Waals surface area contributed by atoms with Gasteiger partial charge in [-0.05, 0) is 19.1 Å². The summed E-state index contributed by atoms with van der Waals surface area (Å²) in [6.07, 6.45) is 0.0629. The molecule has 1 amide bonds. The SMILES string of the molecule is COc1cccc(OC)c1C(=O)[C@@H]1CC(=O)Nc2n[nH]c(C)c21. The largest absolute Gasteiger partial charge is 0.496 e. The number of aryl methyl sites for hydroxylation is 1. The number of H-pyrrole nitrogens is 1. The number of carbonyl (C=O) groups excluding carboxylic acids is 2. The van der Waals surface area contributed by atoms with Crippen LogP contribution in [0.2, 0.25) is 0 Å². The van der Waals surface area contributed by atoms with Crippen molar-refractivity contribution in [2.24, 2.45) is 0 Å². The van der Waals surface area contributed by atoms with Gasteiger partial charge in [0.1, 0.15) is 17.1 Å². The van der Waals surface area contributed by atoms with E-state index in [0.29, 0.717) is 28.4 Å². The van der Waals surface area contributed by atoms with E-state index in [1.807, 2.05) is 6.92 Å². The first-order chi connectivity index (χ1) is 11.1. The van der Waals surface area contributed by atoms with Crippen LogP contribution in [0.1, 0.15) is 34.0 Å². The quantitative estimate of drug-likeness (QED) is 0.842. The van der Waals surface area contributed by atoms with Crippen LogP contribution in [-0.4, -0.2) is 36.1 Å². The van der Waals surface area contributed by atoms with Gasteiger partial charge in [0.25, 0.3) is 0 Å². The van der Waals surface area contributed by atoms with Gasteiger partial charge in [0.15, 0.2) is 11.6 Å². The lowest BCUT2D eigenvalue weighted by molar-refractivity contribution is -0.116. The number of ether oxygens (including phenoxy) is 2. The lowest BCUT2D eigenvalue weighted by Gasteiger charge is -2.23. The summed E-state index contributed by atoms with van der Waals surface area (Å²) in [6, 6.07) is 5.14. The van der Waals surface area contributed by atoms with Gasteiger partial charge in [0.2, 0.25) is 5.91 Å². The maximum atomic E-state index is 13.1. The van der Waals surface area contributed by atoms with Crippen LogP contribution in [-0.2, 0) is 4.79 Å². The number of aromatic amines is 1. The van der Waals surface area contributed by atoms with Gasteiger partial charge < -0.3 is 14.8 Å². The normalized spacial score (nSPS) is 16.5. The summed E-state index contributed by atoms with van der Waals surface area (Å²) in [5.41, 5.74) is 1.80. The van der Waals surface area contributed by atoms with Crippen LogP contribution in [0.5, 0.6) is 11.5 Å². The average Bonchev–Trinajstić information content (AvgIpc) is 2.93. The molecule has 0 radical (unpaired) electrons. The number of fused-ring (bicyclic) bond motifs is 1. The Bertz CT molecular complexity index is 759. The summed E-state index contributed by atoms with van der Waals surface area (Å²) in [7, 11) is 2.99. The van der Waals surface area contributed by atoms with E-state index in [9.17, 15) is 9.59 Å². The van der Waals surface area contributed by atoms with E-state index in [2.05, 4.69) is 15.5 Å². The number of Topliss-reactive ketones (excluding diaryl/α,β-unsaturated/α-hetero) is 1. The number of hydrogen-bond acceptors (Lipinski definition) is 5. The Hall–Kier alpha value is -2.83. The summed E-state index contributed by atoms with van der Waals surface area (Å²) >= 11 is 0. The smallest absolute Gasteiger partial charge is 0.226 e. The molecule has 1 aromatic carbocycles. The lowest BCUT2D eigenvalue weighted by atomic mass is 9.85. The Labute approximate surface area is 133 Å². The van der Waals surface area contributed by atoms with Crippen molar-refractivity contribution in [2.75, 3.05) is 19.5 Å². The van der Waals surface area contributed by atoms with Gasteiger partial charge >= 0.3 is 0 Å². The highest BCUT2D eigenvalue weighted by molar-refractivity contribution is 6.10. The summed E-state index contributed by atoms with van der Waals surface area (Å²) in [4.78, 5) is 25.0. The number of benzene rings is 1. The van der Waals surface area contributed by atoms with Crippen molar-refractivity contribution in [1.29, 1.82) is 0 Å². The van der Waals surface area contributed by atoms with Crippen molar-refractivity contribution in [2.45, 2.75) is 19.3 Å². The van der Waals surface area contributed by atoms with Gasteiger partial charge in [-0.2, -0.15) is 5.10 Å². The number of nitrogens with zero attached hydrogens (tertiary/aromatic N) is 1. The Morgan fingerprint density at radius 2 is 1.91 bits per heavy atom. The first-order valence-corrected chi connectivity index (χ1v) is 7.16. The Morgan fingerprint density at radius 3 is 2.52 bits per heavy atom. The van der Waals surface area contributed by atoms with E-state index < -0.39 is 5.92 Å². The Morgan fingerprint density at radius 1 is 1.26 bits per heavy atom.